The zero-order valence-electron chi connectivity index (χ0n) is 6.78. The van der Waals surface area contributed by atoms with Crippen LogP contribution in [0.3, 0.4) is 0 Å². The number of thiophene rings is 1. The van der Waals surface area contributed by atoms with Crippen LogP contribution in [0.1, 0.15) is 9.67 Å². The highest BCUT2D eigenvalue weighted by molar-refractivity contribution is 9.11. The summed E-state index contributed by atoms with van der Waals surface area (Å²) in [5, 5.41) is 0. The lowest BCUT2D eigenvalue weighted by atomic mass is 10.5. The van der Waals surface area contributed by atoms with Gasteiger partial charge in [-0.15, -0.1) is 11.3 Å². The summed E-state index contributed by atoms with van der Waals surface area (Å²) < 4.78 is 26.7. The summed E-state index contributed by atoms with van der Waals surface area (Å²) in [4.78, 5) is 11.1. The fraction of sp³-hybridized carbons (Fsp3) is 0.167. The van der Waals surface area contributed by atoms with Crippen LogP contribution in [0.15, 0.2) is 14.7 Å². The van der Waals surface area contributed by atoms with Crippen molar-refractivity contribution in [1.82, 2.24) is 0 Å². The van der Waals surface area contributed by atoms with Gasteiger partial charge in [0.15, 0.2) is 0 Å². The van der Waals surface area contributed by atoms with Crippen LogP contribution in [-0.2, 0) is 13.8 Å². The van der Waals surface area contributed by atoms with E-state index in [9.17, 15) is 13.2 Å². The van der Waals surface area contributed by atoms with Gasteiger partial charge in [-0.05, 0) is 22.0 Å². The first kappa shape index (κ1) is 12.0. The fourth-order valence-corrected chi connectivity index (χ4v) is 4.45. The van der Waals surface area contributed by atoms with Gasteiger partial charge < -0.3 is 4.74 Å². The van der Waals surface area contributed by atoms with Crippen molar-refractivity contribution >= 4 is 53.0 Å². The highest BCUT2D eigenvalue weighted by Crippen LogP contribution is 2.33. The van der Waals surface area contributed by atoms with Gasteiger partial charge >= 0.3 is 5.97 Å². The quantitative estimate of drug-likeness (QED) is 0.619. The van der Waals surface area contributed by atoms with Crippen molar-refractivity contribution in [2.45, 2.75) is 4.90 Å². The van der Waals surface area contributed by atoms with E-state index in [0.29, 0.717) is 0 Å². The minimum absolute atomic E-state index is 0.121. The van der Waals surface area contributed by atoms with Gasteiger partial charge in [0.1, 0.15) is 9.77 Å². The standard InChI is InChI=1S/C6H4BrClO4S2/c1-12-6(9)3-2-4(5(7)13-3)14(8,10)11/h2H,1H3. The summed E-state index contributed by atoms with van der Waals surface area (Å²) >= 11 is 3.95. The molecule has 0 radical (unpaired) electrons. The monoisotopic (exact) mass is 318 g/mol. The number of ether oxygens (including phenoxy) is 1. The average Bonchev–Trinajstić information content (AvgIpc) is 2.45. The minimum Gasteiger partial charge on any atom is -0.465 e. The van der Waals surface area contributed by atoms with E-state index in [4.69, 9.17) is 10.7 Å². The first-order valence-corrected chi connectivity index (χ1v) is 7.10. The van der Waals surface area contributed by atoms with Gasteiger partial charge in [-0.25, -0.2) is 13.2 Å². The van der Waals surface area contributed by atoms with Gasteiger partial charge in [0, 0.05) is 10.7 Å². The highest BCUT2D eigenvalue weighted by Gasteiger charge is 2.21. The maximum atomic E-state index is 11.0. The molecule has 0 aliphatic rings. The molecule has 1 aromatic rings. The number of halogens is 2. The Kier molecular flexibility index (Phi) is 3.57. The number of methoxy groups -OCH3 is 1. The molecule has 14 heavy (non-hydrogen) atoms. The molecule has 0 spiro atoms. The van der Waals surface area contributed by atoms with Crippen molar-refractivity contribution in [3.8, 4) is 0 Å². The fourth-order valence-electron chi connectivity index (χ4n) is 0.720. The third kappa shape index (κ3) is 2.47. The van der Waals surface area contributed by atoms with Crippen LogP contribution >= 0.6 is 37.9 Å². The Bertz CT molecular complexity index is 464. The maximum absolute atomic E-state index is 11.0. The van der Waals surface area contributed by atoms with E-state index >= 15 is 0 Å². The van der Waals surface area contributed by atoms with E-state index < -0.39 is 15.0 Å². The molecule has 0 bridgehead atoms. The Morgan fingerprint density at radius 1 is 1.64 bits per heavy atom. The van der Waals surface area contributed by atoms with Gasteiger partial charge in [-0.1, -0.05) is 0 Å². The molecule has 0 atom stereocenters. The topological polar surface area (TPSA) is 60.4 Å². The molecule has 1 aromatic heterocycles. The molecule has 0 saturated carbocycles. The molecular formula is C6H4BrClO4S2. The zero-order valence-corrected chi connectivity index (χ0v) is 10.8. The van der Waals surface area contributed by atoms with E-state index in [2.05, 4.69) is 20.7 Å². The predicted octanol–water partition coefficient (Wildman–Crippen LogP) is 2.22. The first-order valence-electron chi connectivity index (χ1n) is 3.18. The van der Waals surface area contributed by atoms with Crippen LogP contribution in [0.4, 0.5) is 0 Å². The van der Waals surface area contributed by atoms with Crippen molar-refractivity contribution < 1.29 is 17.9 Å². The zero-order chi connectivity index (χ0) is 10.9. The lowest BCUT2D eigenvalue weighted by Gasteiger charge is -1.91. The van der Waals surface area contributed by atoms with Crippen LogP contribution in [0.5, 0.6) is 0 Å². The molecule has 8 heteroatoms. The van der Waals surface area contributed by atoms with Gasteiger partial charge in [-0.2, -0.15) is 0 Å². The molecule has 0 N–H and O–H groups in total. The summed E-state index contributed by atoms with van der Waals surface area (Å²) in [6.07, 6.45) is 0. The number of carbonyl (C=O) groups excluding carboxylic acids is 1. The Balaban J connectivity index is 3.25. The van der Waals surface area contributed by atoms with Gasteiger partial charge in [0.05, 0.1) is 10.9 Å². The van der Waals surface area contributed by atoms with Crippen LogP contribution in [0.2, 0.25) is 0 Å². The van der Waals surface area contributed by atoms with E-state index in [0.717, 1.165) is 11.3 Å². The van der Waals surface area contributed by atoms with Crippen LogP contribution in [0, 0.1) is 0 Å². The maximum Gasteiger partial charge on any atom is 0.348 e. The largest absolute Gasteiger partial charge is 0.465 e. The van der Waals surface area contributed by atoms with Crippen molar-refractivity contribution in [2.75, 3.05) is 7.11 Å². The van der Waals surface area contributed by atoms with Crippen LogP contribution in [-0.4, -0.2) is 21.5 Å². The Morgan fingerprint density at radius 2 is 2.21 bits per heavy atom. The molecule has 0 saturated heterocycles. The van der Waals surface area contributed by atoms with Crippen molar-refractivity contribution in [3.05, 3.63) is 14.7 Å². The molecule has 0 fully saturated rings. The van der Waals surface area contributed by atoms with E-state index in [1.807, 2.05) is 0 Å². The average molecular weight is 320 g/mol. The number of esters is 1. The molecule has 0 unspecified atom stereocenters. The highest BCUT2D eigenvalue weighted by atomic mass is 79.9. The van der Waals surface area contributed by atoms with Gasteiger partial charge in [0.25, 0.3) is 9.05 Å². The van der Waals surface area contributed by atoms with Gasteiger partial charge in [-0.3, -0.25) is 0 Å². The van der Waals surface area contributed by atoms with Gasteiger partial charge in [0.2, 0.25) is 0 Å². The number of hydrogen-bond acceptors (Lipinski definition) is 5. The molecule has 0 aliphatic heterocycles. The van der Waals surface area contributed by atoms with Crippen molar-refractivity contribution in [2.24, 2.45) is 0 Å². The van der Waals surface area contributed by atoms with E-state index in [-0.39, 0.29) is 13.6 Å². The van der Waals surface area contributed by atoms with E-state index in [1.165, 1.54) is 13.2 Å². The molecule has 0 aromatic carbocycles. The predicted molar refractivity (Wildman–Crippen MR) is 56.4 cm³/mol. The normalized spacial score (nSPS) is 11.4. The number of hydrogen-bond donors (Lipinski definition) is 0. The third-order valence-electron chi connectivity index (χ3n) is 1.30. The molecule has 1 heterocycles. The van der Waals surface area contributed by atoms with Crippen molar-refractivity contribution in [3.63, 3.8) is 0 Å². The van der Waals surface area contributed by atoms with Crippen LogP contribution < -0.4 is 0 Å². The smallest absolute Gasteiger partial charge is 0.348 e. The second kappa shape index (κ2) is 4.18. The summed E-state index contributed by atoms with van der Waals surface area (Å²) in [5.41, 5.74) is 0. The summed E-state index contributed by atoms with van der Waals surface area (Å²) in [6, 6.07) is 1.17. The number of rotatable bonds is 2. The molecule has 0 amide bonds. The lowest BCUT2D eigenvalue weighted by Crippen LogP contribution is -1.97. The Morgan fingerprint density at radius 3 is 2.57 bits per heavy atom. The summed E-state index contributed by atoms with van der Waals surface area (Å²) in [5.74, 6) is -0.595. The molecular weight excluding hydrogens is 316 g/mol. The molecule has 1 rings (SSSR count). The Hall–Kier alpha value is -0.110. The molecule has 0 aliphatic carbocycles. The second-order valence-electron chi connectivity index (χ2n) is 2.18. The summed E-state index contributed by atoms with van der Waals surface area (Å²) in [7, 11) is 2.51. The first-order chi connectivity index (χ1) is 6.36. The second-order valence-corrected chi connectivity index (χ2v) is 7.08. The lowest BCUT2D eigenvalue weighted by molar-refractivity contribution is 0.0606. The van der Waals surface area contributed by atoms with Crippen LogP contribution in [0.25, 0.3) is 0 Å². The van der Waals surface area contributed by atoms with E-state index in [1.54, 1.807) is 0 Å². The molecule has 4 nitrogen and oxygen atoms in total. The van der Waals surface area contributed by atoms with Crippen molar-refractivity contribution in [1.29, 1.82) is 0 Å². The SMILES string of the molecule is COC(=O)c1cc(S(=O)(=O)Cl)c(Br)s1. The summed E-state index contributed by atoms with van der Waals surface area (Å²) in [6.45, 7) is 0. The third-order valence-corrected chi connectivity index (χ3v) is 4.86. The Labute approximate surface area is 97.4 Å². The number of carbonyl (C=O) groups is 1. The molecule has 78 valence electrons. The minimum atomic E-state index is -3.83.